The van der Waals surface area contributed by atoms with E-state index >= 15 is 0 Å². The molecule has 2 aromatic rings. The first kappa shape index (κ1) is 15.7. The number of imide groups is 1. The number of ketones is 1. The van der Waals surface area contributed by atoms with Crippen molar-refractivity contribution in [2.75, 3.05) is 6.61 Å². The molecule has 0 aliphatic carbocycles. The molecule has 2 heterocycles. The lowest BCUT2D eigenvalue weighted by molar-refractivity contribution is -0.146. The Labute approximate surface area is 137 Å². The van der Waals surface area contributed by atoms with Gasteiger partial charge in [0.15, 0.2) is 6.61 Å². The average Bonchev–Trinajstić information content (AvgIpc) is 3.20. The van der Waals surface area contributed by atoms with Gasteiger partial charge in [-0.2, -0.15) is 0 Å². The Hall–Kier alpha value is -3.22. The summed E-state index contributed by atoms with van der Waals surface area (Å²) < 4.78 is 4.94. The highest BCUT2D eigenvalue weighted by molar-refractivity contribution is 6.22. The molecule has 3 rings (SSSR count). The highest BCUT2D eigenvalue weighted by Gasteiger charge is 2.41. The Bertz CT molecular complexity index is 790. The van der Waals surface area contributed by atoms with Crippen molar-refractivity contribution in [1.29, 1.82) is 0 Å². The zero-order valence-electron chi connectivity index (χ0n) is 12.8. The lowest BCUT2D eigenvalue weighted by Gasteiger charge is -2.20. The third-order valence-electron chi connectivity index (χ3n) is 3.80. The molecule has 0 saturated carbocycles. The molecular weight excluding hydrogens is 312 g/mol. The maximum Gasteiger partial charge on any atom is 0.329 e. The molecule has 0 fully saturated rings. The number of hydrogen-bond acceptors (Lipinski definition) is 5. The molecule has 0 bridgehead atoms. The lowest BCUT2D eigenvalue weighted by Crippen LogP contribution is -2.44. The normalized spacial score (nSPS) is 14.5. The van der Waals surface area contributed by atoms with Crippen molar-refractivity contribution in [2.45, 2.75) is 13.0 Å². The van der Waals surface area contributed by atoms with E-state index in [1.54, 1.807) is 30.5 Å². The van der Waals surface area contributed by atoms with Gasteiger partial charge >= 0.3 is 5.97 Å². The molecule has 1 atom stereocenters. The summed E-state index contributed by atoms with van der Waals surface area (Å²) in [5, 5.41) is 0. The van der Waals surface area contributed by atoms with Crippen molar-refractivity contribution >= 4 is 23.6 Å². The summed E-state index contributed by atoms with van der Waals surface area (Å²) in [5.74, 6) is -2.31. The third kappa shape index (κ3) is 2.60. The molecule has 2 amide bonds. The van der Waals surface area contributed by atoms with Crippen molar-refractivity contribution in [1.82, 2.24) is 9.88 Å². The zero-order chi connectivity index (χ0) is 17.3. The van der Waals surface area contributed by atoms with Gasteiger partial charge in [0, 0.05) is 6.20 Å². The number of nitrogens with zero attached hydrogens (tertiary/aromatic N) is 1. The van der Waals surface area contributed by atoms with Crippen LogP contribution in [0.4, 0.5) is 0 Å². The van der Waals surface area contributed by atoms with E-state index < -0.39 is 36.2 Å². The summed E-state index contributed by atoms with van der Waals surface area (Å²) in [5.41, 5.74) is 0.824. The number of aromatic nitrogens is 1. The topological polar surface area (TPSA) is 96.5 Å². The van der Waals surface area contributed by atoms with E-state index in [1.807, 2.05) is 0 Å². The molecule has 0 radical (unpaired) electrons. The van der Waals surface area contributed by atoms with Crippen LogP contribution in [0.5, 0.6) is 0 Å². The van der Waals surface area contributed by atoms with Gasteiger partial charge < -0.3 is 9.72 Å². The van der Waals surface area contributed by atoms with Crippen LogP contribution in [0.3, 0.4) is 0 Å². The Kier molecular flexibility index (Phi) is 3.99. The number of Topliss-reactive ketones (excluding diaryl/α,β-unsaturated/α-hetero) is 1. The van der Waals surface area contributed by atoms with E-state index in [2.05, 4.69) is 4.98 Å². The summed E-state index contributed by atoms with van der Waals surface area (Å²) in [6, 6.07) is 8.44. The number of amides is 2. The van der Waals surface area contributed by atoms with Gasteiger partial charge in [0.25, 0.3) is 11.8 Å². The van der Waals surface area contributed by atoms with Crippen molar-refractivity contribution in [3.8, 4) is 0 Å². The van der Waals surface area contributed by atoms with Gasteiger partial charge in [0.2, 0.25) is 5.78 Å². The predicted octanol–water partition coefficient (Wildman–Crippen LogP) is 1.43. The van der Waals surface area contributed by atoms with Crippen molar-refractivity contribution in [3.63, 3.8) is 0 Å². The first-order valence-electron chi connectivity index (χ1n) is 7.31. The second-order valence-electron chi connectivity index (χ2n) is 5.32. The van der Waals surface area contributed by atoms with E-state index in [0.717, 1.165) is 4.90 Å². The molecule has 0 spiro atoms. The average molecular weight is 326 g/mol. The van der Waals surface area contributed by atoms with Gasteiger partial charge in [-0.25, -0.2) is 4.79 Å². The molecular formula is C17H14N2O5. The Morgan fingerprint density at radius 2 is 1.71 bits per heavy atom. The number of carbonyl (C=O) groups is 4. The highest BCUT2D eigenvalue weighted by Crippen LogP contribution is 2.24. The number of fused-ring (bicyclic) bond motifs is 1. The number of benzene rings is 1. The largest absolute Gasteiger partial charge is 0.456 e. The molecule has 24 heavy (non-hydrogen) atoms. The fourth-order valence-corrected chi connectivity index (χ4v) is 2.50. The van der Waals surface area contributed by atoms with Crippen molar-refractivity contribution < 1.29 is 23.9 Å². The summed E-state index contributed by atoms with van der Waals surface area (Å²) >= 11 is 0. The van der Waals surface area contributed by atoms with E-state index in [-0.39, 0.29) is 11.1 Å². The Morgan fingerprint density at radius 1 is 1.08 bits per heavy atom. The van der Waals surface area contributed by atoms with E-state index in [9.17, 15) is 19.2 Å². The number of nitrogens with one attached hydrogen (secondary N) is 1. The van der Waals surface area contributed by atoms with Gasteiger partial charge in [-0.3, -0.25) is 19.3 Å². The predicted molar refractivity (Wildman–Crippen MR) is 82.5 cm³/mol. The first-order chi connectivity index (χ1) is 11.5. The monoisotopic (exact) mass is 326 g/mol. The van der Waals surface area contributed by atoms with Gasteiger partial charge in [-0.05, 0) is 31.2 Å². The fraction of sp³-hybridized carbons (Fsp3) is 0.176. The maximum absolute atomic E-state index is 12.3. The Balaban J connectivity index is 1.67. The lowest BCUT2D eigenvalue weighted by atomic mass is 10.1. The summed E-state index contributed by atoms with van der Waals surface area (Å²) in [4.78, 5) is 52.1. The minimum absolute atomic E-state index is 0.254. The van der Waals surface area contributed by atoms with Crippen LogP contribution in [0.25, 0.3) is 0 Å². The van der Waals surface area contributed by atoms with Crippen LogP contribution in [-0.4, -0.2) is 46.1 Å². The number of carbonyl (C=O) groups excluding carboxylic acids is 4. The molecule has 0 saturated heterocycles. The second-order valence-corrected chi connectivity index (χ2v) is 5.32. The Morgan fingerprint density at radius 3 is 2.25 bits per heavy atom. The van der Waals surface area contributed by atoms with Crippen LogP contribution in [0.2, 0.25) is 0 Å². The van der Waals surface area contributed by atoms with E-state index in [1.165, 1.54) is 19.1 Å². The summed E-state index contributed by atoms with van der Waals surface area (Å²) in [7, 11) is 0. The number of H-pyrrole nitrogens is 1. The van der Waals surface area contributed by atoms with Crippen LogP contribution in [-0.2, 0) is 9.53 Å². The number of ether oxygens (including phenoxy) is 1. The quantitative estimate of drug-likeness (QED) is 0.509. The molecule has 1 N–H and O–H groups in total. The molecule has 1 aliphatic rings. The minimum atomic E-state index is -1.12. The van der Waals surface area contributed by atoms with Crippen LogP contribution in [0, 0.1) is 0 Å². The number of aromatic amines is 1. The SMILES string of the molecule is C[C@@H](C(=O)OCC(=O)c1ccc[nH]1)N1C(=O)c2ccccc2C1=O. The van der Waals surface area contributed by atoms with Crippen LogP contribution < -0.4 is 0 Å². The van der Waals surface area contributed by atoms with Crippen LogP contribution in [0.15, 0.2) is 42.6 Å². The molecule has 1 aromatic carbocycles. The number of esters is 1. The molecule has 0 unspecified atom stereocenters. The standard InChI is InChI=1S/C17H14N2O5/c1-10(17(23)24-9-14(20)13-7-4-8-18-13)19-15(21)11-5-2-3-6-12(11)16(19)22/h2-8,10,18H,9H2,1H3/t10-/m0/s1. The van der Waals surface area contributed by atoms with E-state index in [4.69, 9.17) is 4.74 Å². The van der Waals surface area contributed by atoms with Crippen molar-refractivity contribution in [2.24, 2.45) is 0 Å². The third-order valence-corrected chi connectivity index (χ3v) is 3.80. The molecule has 7 nitrogen and oxygen atoms in total. The smallest absolute Gasteiger partial charge is 0.329 e. The minimum Gasteiger partial charge on any atom is -0.456 e. The zero-order valence-corrected chi connectivity index (χ0v) is 12.8. The summed E-state index contributed by atoms with van der Waals surface area (Å²) in [6.45, 7) is 0.927. The number of hydrogen-bond donors (Lipinski definition) is 1. The van der Waals surface area contributed by atoms with Gasteiger partial charge in [-0.1, -0.05) is 12.1 Å². The number of rotatable bonds is 5. The first-order valence-corrected chi connectivity index (χ1v) is 7.31. The van der Waals surface area contributed by atoms with Crippen LogP contribution >= 0.6 is 0 Å². The summed E-state index contributed by atoms with van der Waals surface area (Å²) in [6.07, 6.45) is 1.58. The fourth-order valence-electron chi connectivity index (χ4n) is 2.50. The molecule has 122 valence electrons. The van der Waals surface area contributed by atoms with Gasteiger partial charge in [0.1, 0.15) is 6.04 Å². The molecule has 1 aromatic heterocycles. The maximum atomic E-state index is 12.3. The van der Waals surface area contributed by atoms with Gasteiger partial charge in [-0.15, -0.1) is 0 Å². The highest BCUT2D eigenvalue weighted by atomic mass is 16.5. The molecule has 1 aliphatic heterocycles. The van der Waals surface area contributed by atoms with Crippen LogP contribution in [0.1, 0.15) is 38.1 Å². The van der Waals surface area contributed by atoms with Crippen molar-refractivity contribution in [3.05, 3.63) is 59.4 Å². The van der Waals surface area contributed by atoms with E-state index in [0.29, 0.717) is 5.69 Å². The second kappa shape index (κ2) is 6.11. The molecule has 7 heteroatoms. The van der Waals surface area contributed by atoms with Gasteiger partial charge in [0.05, 0.1) is 16.8 Å².